The predicted octanol–water partition coefficient (Wildman–Crippen LogP) is 4.60. The zero-order valence-electron chi connectivity index (χ0n) is 14.3. The van der Waals surface area contributed by atoms with Gasteiger partial charge in [-0.2, -0.15) is 0 Å². The third kappa shape index (κ3) is 3.59. The lowest BCUT2D eigenvalue weighted by Crippen LogP contribution is -2.34. The van der Waals surface area contributed by atoms with Gasteiger partial charge in [0, 0.05) is 17.5 Å². The minimum absolute atomic E-state index is 0.169. The number of aromatic nitrogens is 2. The molecule has 0 radical (unpaired) electrons. The fourth-order valence-electron chi connectivity index (χ4n) is 2.93. The average Bonchev–Trinajstić information content (AvgIpc) is 3.38. The Hall–Kier alpha value is -1.99. The van der Waals surface area contributed by atoms with Crippen LogP contribution in [0.2, 0.25) is 0 Å². The summed E-state index contributed by atoms with van der Waals surface area (Å²) in [5, 5.41) is 0.827. The number of nitrogens with zero attached hydrogens (tertiary/aromatic N) is 3. The molecule has 2 heterocycles. The topological polar surface area (TPSA) is 46.1 Å². The van der Waals surface area contributed by atoms with Crippen molar-refractivity contribution in [2.75, 3.05) is 12.3 Å². The average molecular weight is 388 g/mol. The van der Waals surface area contributed by atoms with E-state index in [0.29, 0.717) is 11.8 Å². The number of benzene rings is 1. The van der Waals surface area contributed by atoms with Crippen LogP contribution in [0.4, 0.5) is 4.39 Å². The number of rotatable bonds is 6. The third-order valence-corrected chi connectivity index (χ3v) is 6.67. The molecular formula is C19H18FN3OS2. The molecule has 0 bridgehead atoms. The molecular weight excluding hydrogens is 369 g/mol. The number of halogens is 1. The number of carbonyl (C=O) groups is 1. The highest BCUT2D eigenvalue weighted by Gasteiger charge is 2.31. The van der Waals surface area contributed by atoms with E-state index in [2.05, 4.69) is 9.97 Å². The maximum atomic E-state index is 13.1. The highest BCUT2D eigenvalue weighted by atomic mass is 32.2. The maximum Gasteiger partial charge on any atom is 0.233 e. The van der Waals surface area contributed by atoms with Gasteiger partial charge < -0.3 is 4.90 Å². The Bertz CT molecular complexity index is 938. The molecule has 2 aromatic heterocycles. The van der Waals surface area contributed by atoms with Crippen LogP contribution in [0, 0.1) is 5.82 Å². The summed E-state index contributed by atoms with van der Waals surface area (Å²) in [6.07, 6.45) is 3.77. The number of hydrogen-bond donors (Lipinski definition) is 0. The number of fused-ring (bicyclic) bond motifs is 1. The lowest BCUT2D eigenvalue weighted by Gasteiger charge is -2.19. The molecule has 0 aliphatic heterocycles. The van der Waals surface area contributed by atoms with Crippen molar-refractivity contribution in [3.63, 3.8) is 0 Å². The van der Waals surface area contributed by atoms with Crippen molar-refractivity contribution in [1.82, 2.24) is 14.9 Å². The van der Waals surface area contributed by atoms with Crippen LogP contribution in [-0.4, -0.2) is 39.1 Å². The molecule has 0 spiro atoms. The molecule has 0 unspecified atom stereocenters. The summed E-state index contributed by atoms with van der Waals surface area (Å²) >= 11 is 3.04. The Morgan fingerprint density at radius 1 is 1.31 bits per heavy atom. The zero-order chi connectivity index (χ0) is 18.1. The van der Waals surface area contributed by atoms with Crippen LogP contribution in [0.15, 0.2) is 41.7 Å². The van der Waals surface area contributed by atoms with E-state index in [1.165, 1.54) is 30.2 Å². The van der Waals surface area contributed by atoms with Crippen LogP contribution < -0.4 is 0 Å². The lowest BCUT2D eigenvalue weighted by molar-refractivity contribution is -0.128. The number of amides is 1. The molecule has 1 aromatic carbocycles. The smallest absolute Gasteiger partial charge is 0.233 e. The minimum atomic E-state index is -0.249. The Balaban J connectivity index is 1.55. The molecule has 4 rings (SSSR count). The Morgan fingerprint density at radius 3 is 2.77 bits per heavy atom. The summed E-state index contributed by atoms with van der Waals surface area (Å²) in [7, 11) is 0. The fourth-order valence-corrected chi connectivity index (χ4v) is 5.02. The second-order valence-corrected chi connectivity index (χ2v) is 8.23. The molecule has 1 aliphatic rings. The van der Waals surface area contributed by atoms with Crippen LogP contribution >= 0.6 is 23.1 Å². The van der Waals surface area contributed by atoms with Crippen LogP contribution in [0.25, 0.3) is 20.7 Å². The van der Waals surface area contributed by atoms with E-state index in [0.717, 1.165) is 45.1 Å². The molecule has 1 saturated carbocycles. The van der Waals surface area contributed by atoms with Crippen molar-refractivity contribution in [3.8, 4) is 10.4 Å². The van der Waals surface area contributed by atoms with Gasteiger partial charge in [0.25, 0.3) is 0 Å². The zero-order valence-corrected chi connectivity index (χ0v) is 15.9. The van der Waals surface area contributed by atoms with Crippen LogP contribution in [0.5, 0.6) is 0 Å². The molecule has 4 nitrogen and oxygen atoms in total. The quantitative estimate of drug-likeness (QED) is 0.458. The van der Waals surface area contributed by atoms with Crippen molar-refractivity contribution >= 4 is 39.2 Å². The van der Waals surface area contributed by atoms with Gasteiger partial charge in [0.15, 0.2) is 0 Å². The van der Waals surface area contributed by atoms with E-state index < -0.39 is 0 Å². The number of thiophene rings is 1. The minimum Gasteiger partial charge on any atom is -0.339 e. The summed E-state index contributed by atoms with van der Waals surface area (Å²) < 4.78 is 14.1. The first kappa shape index (κ1) is 17.4. The van der Waals surface area contributed by atoms with Gasteiger partial charge in [0.05, 0.1) is 16.0 Å². The van der Waals surface area contributed by atoms with Crippen molar-refractivity contribution < 1.29 is 9.18 Å². The van der Waals surface area contributed by atoms with E-state index in [1.54, 1.807) is 23.5 Å². The van der Waals surface area contributed by atoms with Crippen molar-refractivity contribution in [1.29, 1.82) is 0 Å². The Morgan fingerprint density at radius 2 is 2.08 bits per heavy atom. The van der Waals surface area contributed by atoms with E-state index in [9.17, 15) is 9.18 Å². The molecule has 7 heteroatoms. The van der Waals surface area contributed by atoms with E-state index in [4.69, 9.17) is 0 Å². The molecule has 134 valence electrons. The Kier molecular flexibility index (Phi) is 4.91. The first-order valence-electron chi connectivity index (χ1n) is 8.58. The molecule has 1 aliphatic carbocycles. The summed E-state index contributed by atoms with van der Waals surface area (Å²) in [6, 6.07) is 8.86. The monoisotopic (exact) mass is 387 g/mol. The van der Waals surface area contributed by atoms with Crippen LogP contribution in [-0.2, 0) is 4.79 Å². The number of carbonyl (C=O) groups excluding carboxylic acids is 1. The molecule has 0 atom stereocenters. The summed E-state index contributed by atoms with van der Waals surface area (Å²) in [4.78, 5) is 24.1. The summed E-state index contributed by atoms with van der Waals surface area (Å²) in [6.45, 7) is 2.79. The van der Waals surface area contributed by atoms with Crippen molar-refractivity contribution in [3.05, 3.63) is 42.5 Å². The summed E-state index contributed by atoms with van der Waals surface area (Å²) in [5.41, 5.74) is 1.81. The highest BCUT2D eigenvalue weighted by molar-refractivity contribution is 8.00. The standard InChI is InChI=1S/C19H18FN3OS2/c1-2-23(14-7-8-14)17(24)10-25-19-18-15(21-11-22-19)9-16(26-18)12-3-5-13(20)6-4-12/h3-6,9,11,14H,2,7-8,10H2,1H3. The van der Waals surface area contributed by atoms with Gasteiger partial charge in [-0.3, -0.25) is 4.79 Å². The SMILES string of the molecule is CCN(C(=O)CSc1ncnc2cc(-c3ccc(F)cc3)sc12)C1CC1. The molecule has 0 N–H and O–H groups in total. The number of hydrogen-bond acceptors (Lipinski definition) is 5. The molecule has 1 fully saturated rings. The largest absolute Gasteiger partial charge is 0.339 e. The maximum absolute atomic E-state index is 13.1. The Labute approximate surface area is 159 Å². The molecule has 26 heavy (non-hydrogen) atoms. The van der Waals surface area contributed by atoms with E-state index in [1.807, 2.05) is 17.9 Å². The highest BCUT2D eigenvalue weighted by Crippen LogP contribution is 2.37. The van der Waals surface area contributed by atoms with Crippen molar-refractivity contribution in [2.24, 2.45) is 0 Å². The van der Waals surface area contributed by atoms with Gasteiger partial charge in [-0.15, -0.1) is 11.3 Å². The first-order chi connectivity index (χ1) is 12.7. The van der Waals surface area contributed by atoms with E-state index in [-0.39, 0.29) is 11.7 Å². The van der Waals surface area contributed by atoms with Crippen molar-refractivity contribution in [2.45, 2.75) is 30.8 Å². The van der Waals surface area contributed by atoms with Gasteiger partial charge >= 0.3 is 0 Å². The summed E-state index contributed by atoms with van der Waals surface area (Å²) in [5.74, 6) is 0.308. The fraction of sp³-hybridized carbons (Fsp3) is 0.316. The second kappa shape index (κ2) is 7.32. The lowest BCUT2D eigenvalue weighted by atomic mass is 10.2. The van der Waals surface area contributed by atoms with Crippen LogP contribution in [0.3, 0.4) is 0 Å². The molecule has 3 aromatic rings. The van der Waals surface area contributed by atoms with Gasteiger partial charge in [0.2, 0.25) is 5.91 Å². The molecule has 0 saturated heterocycles. The third-order valence-electron chi connectivity index (χ3n) is 4.39. The van der Waals surface area contributed by atoms with Gasteiger partial charge in [0.1, 0.15) is 17.2 Å². The normalized spacial score (nSPS) is 13.9. The van der Waals surface area contributed by atoms with Gasteiger partial charge in [-0.1, -0.05) is 23.9 Å². The van der Waals surface area contributed by atoms with Crippen LogP contribution in [0.1, 0.15) is 19.8 Å². The predicted molar refractivity (Wildman–Crippen MR) is 104 cm³/mol. The first-order valence-corrected chi connectivity index (χ1v) is 10.4. The second-order valence-electron chi connectivity index (χ2n) is 6.21. The van der Waals surface area contributed by atoms with Gasteiger partial charge in [-0.05, 0) is 43.5 Å². The van der Waals surface area contributed by atoms with Gasteiger partial charge in [-0.25, -0.2) is 14.4 Å². The number of thioether (sulfide) groups is 1. The molecule has 1 amide bonds. The van der Waals surface area contributed by atoms with E-state index >= 15 is 0 Å².